The van der Waals surface area contributed by atoms with Crippen LogP contribution >= 0.6 is 0 Å². The highest BCUT2D eigenvalue weighted by Crippen LogP contribution is 2.43. The number of benzene rings is 4. The van der Waals surface area contributed by atoms with Crippen molar-refractivity contribution in [3.63, 3.8) is 0 Å². The van der Waals surface area contributed by atoms with Crippen molar-refractivity contribution in [3.8, 4) is 16.8 Å². The van der Waals surface area contributed by atoms with Gasteiger partial charge in [0.25, 0.3) is 0 Å². The largest absolute Gasteiger partial charge is 0.313 e. The maximum Gasteiger partial charge on any atom is 0.0537 e. The van der Waals surface area contributed by atoms with Gasteiger partial charge in [-0.2, -0.15) is 0 Å². The maximum absolute atomic E-state index is 2.44. The molecule has 196 valence electrons. The summed E-state index contributed by atoms with van der Waals surface area (Å²) < 4.78 is 2.44. The van der Waals surface area contributed by atoms with Crippen molar-refractivity contribution in [2.75, 3.05) is 4.90 Å². The Kier molecular flexibility index (Phi) is 5.70. The SMILES string of the molecule is C1=CCc2c(c3ccccc3n2-c2cccc(-c3cccc(N4C5=CC(/C=C\CC=C5)c5ccccc54)c3)c2)C=C1. The van der Waals surface area contributed by atoms with Crippen LogP contribution in [0.2, 0.25) is 0 Å². The molecule has 0 spiro atoms. The summed E-state index contributed by atoms with van der Waals surface area (Å²) in [5.74, 6) is 0.304. The number of rotatable bonds is 3. The van der Waals surface area contributed by atoms with Crippen molar-refractivity contribution in [2.24, 2.45) is 0 Å². The predicted octanol–water partition coefficient (Wildman–Crippen LogP) is 10.1. The van der Waals surface area contributed by atoms with Gasteiger partial charge in [0.15, 0.2) is 0 Å². The third-order valence-corrected chi connectivity index (χ3v) is 8.43. The number of aromatic nitrogens is 1. The van der Waals surface area contributed by atoms with E-state index in [1.165, 1.54) is 61.6 Å². The van der Waals surface area contributed by atoms with Crippen LogP contribution < -0.4 is 4.90 Å². The second-order valence-corrected chi connectivity index (χ2v) is 10.9. The van der Waals surface area contributed by atoms with Crippen molar-refractivity contribution in [1.29, 1.82) is 0 Å². The van der Waals surface area contributed by atoms with Gasteiger partial charge < -0.3 is 9.47 Å². The van der Waals surface area contributed by atoms with Gasteiger partial charge in [0.05, 0.1) is 11.2 Å². The molecule has 2 aliphatic carbocycles. The number of hydrogen-bond donors (Lipinski definition) is 0. The standard InChI is InChI=1S/C39H30N2/c1-3-13-30-27-31(16-4-1)40(37-23-9-7-19-34(30)37)32-17-11-14-28(25-32)29-15-12-18-33(26-29)41-38-22-6-2-5-20-35(38)36-21-8-10-24-39(36)41/h2-21,23-27,30H,1,22H2/b13-3-,16-4?. The third-order valence-electron chi connectivity index (χ3n) is 8.43. The van der Waals surface area contributed by atoms with E-state index in [0.717, 1.165) is 12.8 Å². The lowest BCUT2D eigenvalue weighted by atomic mass is 9.89. The summed E-state index contributed by atoms with van der Waals surface area (Å²) in [4.78, 5) is 2.41. The normalized spacial score (nSPS) is 17.8. The Labute approximate surface area is 241 Å². The molecule has 1 unspecified atom stereocenters. The minimum absolute atomic E-state index is 0.304. The van der Waals surface area contributed by atoms with Gasteiger partial charge in [-0.3, -0.25) is 0 Å². The molecule has 41 heavy (non-hydrogen) atoms. The zero-order chi connectivity index (χ0) is 27.2. The number of hydrogen-bond acceptors (Lipinski definition) is 1. The zero-order valence-electron chi connectivity index (χ0n) is 22.8. The van der Waals surface area contributed by atoms with Crippen LogP contribution in [0.1, 0.15) is 29.2 Å². The molecule has 1 atom stereocenters. The summed E-state index contributed by atoms with van der Waals surface area (Å²) >= 11 is 0. The second-order valence-electron chi connectivity index (χ2n) is 10.9. The molecule has 1 aliphatic heterocycles. The van der Waals surface area contributed by atoms with E-state index in [9.17, 15) is 0 Å². The van der Waals surface area contributed by atoms with Crippen molar-refractivity contribution in [1.82, 2.24) is 4.57 Å². The molecular weight excluding hydrogens is 496 g/mol. The van der Waals surface area contributed by atoms with Gasteiger partial charge in [0.1, 0.15) is 0 Å². The van der Waals surface area contributed by atoms with Crippen LogP contribution in [-0.2, 0) is 6.42 Å². The van der Waals surface area contributed by atoms with E-state index in [1.807, 2.05) is 0 Å². The molecular formula is C39H30N2. The minimum Gasteiger partial charge on any atom is -0.313 e. The number of anilines is 2. The second kappa shape index (κ2) is 9.83. The predicted molar refractivity (Wildman–Crippen MR) is 173 cm³/mol. The van der Waals surface area contributed by atoms with E-state index in [2.05, 4.69) is 161 Å². The zero-order valence-corrected chi connectivity index (χ0v) is 22.8. The summed E-state index contributed by atoms with van der Waals surface area (Å²) in [5, 5.41) is 1.30. The lowest BCUT2D eigenvalue weighted by Gasteiger charge is -2.35. The van der Waals surface area contributed by atoms with Crippen LogP contribution in [0.25, 0.3) is 33.8 Å². The number of fused-ring (bicyclic) bond motifs is 6. The number of allylic oxidation sites excluding steroid dienone is 8. The summed E-state index contributed by atoms with van der Waals surface area (Å²) in [6.45, 7) is 0. The Balaban J connectivity index is 1.25. The third kappa shape index (κ3) is 4.03. The van der Waals surface area contributed by atoms with Gasteiger partial charge in [0, 0.05) is 46.1 Å². The molecule has 2 heterocycles. The van der Waals surface area contributed by atoms with Gasteiger partial charge in [0.2, 0.25) is 0 Å². The van der Waals surface area contributed by atoms with Crippen molar-refractivity contribution in [2.45, 2.75) is 18.8 Å². The highest BCUT2D eigenvalue weighted by molar-refractivity contribution is 5.93. The van der Waals surface area contributed by atoms with E-state index in [0.29, 0.717) is 5.92 Å². The molecule has 0 radical (unpaired) electrons. The number of nitrogens with zero attached hydrogens (tertiary/aromatic N) is 2. The summed E-state index contributed by atoms with van der Waals surface area (Å²) in [7, 11) is 0. The first-order valence-corrected chi connectivity index (χ1v) is 14.5. The number of para-hydroxylation sites is 2. The average molecular weight is 527 g/mol. The molecule has 1 aromatic heterocycles. The fraction of sp³-hybridized carbons (Fsp3) is 0.0769. The van der Waals surface area contributed by atoms with Gasteiger partial charge in [-0.15, -0.1) is 0 Å². The van der Waals surface area contributed by atoms with Gasteiger partial charge >= 0.3 is 0 Å². The molecule has 5 aromatic rings. The average Bonchev–Trinajstić information content (AvgIpc) is 3.13. The highest BCUT2D eigenvalue weighted by Gasteiger charge is 2.25. The van der Waals surface area contributed by atoms with E-state index >= 15 is 0 Å². The molecule has 2 bridgehead atoms. The first-order valence-electron chi connectivity index (χ1n) is 14.5. The summed E-state index contributed by atoms with van der Waals surface area (Å²) in [5.41, 5.74) is 12.5. The first kappa shape index (κ1) is 23.8. The van der Waals surface area contributed by atoms with Crippen LogP contribution in [0.3, 0.4) is 0 Å². The Morgan fingerprint density at radius 1 is 0.659 bits per heavy atom. The molecule has 3 aliphatic rings. The maximum atomic E-state index is 2.44. The fourth-order valence-electron chi connectivity index (χ4n) is 6.59. The first-order chi connectivity index (χ1) is 20.3. The molecule has 4 aromatic carbocycles. The van der Waals surface area contributed by atoms with E-state index < -0.39 is 0 Å². The Morgan fingerprint density at radius 3 is 2.39 bits per heavy atom. The fourth-order valence-corrected chi connectivity index (χ4v) is 6.59. The molecule has 0 saturated heterocycles. The van der Waals surface area contributed by atoms with Crippen LogP contribution in [0.15, 0.2) is 151 Å². The lowest BCUT2D eigenvalue weighted by molar-refractivity contribution is 0.980. The highest BCUT2D eigenvalue weighted by atomic mass is 15.2. The van der Waals surface area contributed by atoms with Gasteiger partial charge in [-0.05, 0) is 71.7 Å². The quantitative estimate of drug-likeness (QED) is 0.212. The monoisotopic (exact) mass is 526 g/mol. The molecule has 0 saturated carbocycles. The van der Waals surface area contributed by atoms with Gasteiger partial charge in [-0.25, -0.2) is 0 Å². The molecule has 0 N–H and O–H groups in total. The molecule has 2 nitrogen and oxygen atoms in total. The van der Waals surface area contributed by atoms with Crippen molar-refractivity contribution >= 4 is 28.4 Å². The molecule has 0 fully saturated rings. The summed E-state index contributed by atoms with van der Waals surface area (Å²) in [6, 6.07) is 35.5. The molecule has 2 heteroatoms. The van der Waals surface area contributed by atoms with E-state index in [4.69, 9.17) is 0 Å². The summed E-state index contributed by atoms with van der Waals surface area (Å²) in [6.07, 6.45) is 22.2. The lowest BCUT2D eigenvalue weighted by Crippen LogP contribution is -2.22. The van der Waals surface area contributed by atoms with Crippen molar-refractivity contribution < 1.29 is 0 Å². The smallest absolute Gasteiger partial charge is 0.0537 e. The Morgan fingerprint density at radius 2 is 1.46 bits per heavy atom. The van der Waals surface area contributed by atoms with Crippen LogP contribution in [0.4, 0.5) is 11.4 Å². The topological polar surface area (TPSA) is 8.17 Å². The Hall–Kier alpha value is -5.08. The van der Waals surface area contributed by atoms with Crippen LogP contribution in [0.5, 0.6) is 0 Å². The minimum atomic E-state index is 0.304. The molecule has 8 rings (SSSR count). The van der Waals surface area contributed by atoms with Crippen molar-refractivity contribution in [3.05, 3.63) is 168 Å². The molecule has 0 amide bonds. The van der Waals surface area contributed by atoms with Crippen LogP contribution in [-0.4, -0.2) is 4.57 Å². The van der Waals surface area contributed by atoms with E-state index in [-0.39, 0.29) is 0 Å². The Bertz CT molecular complexity index is 1960. The van der Waals surface area contributed by atoms with E-state index in [1.54, 1.807) is 0 Å². The van der Waals surface area contributed by atoms with Crippen LogP contribution in [0, 0.1) is 0 Å². The van der Waals surface area contributed by atoms with Gasteiger partial charge in [-0.1, -0.05) is 103 Å².